The van der Waals surface area contributed by atoms with E-state index >= 15 is 0 Å². The Morgan fingerprint density at radius 3 is 1.55 bits per heavy atom. The standard InChI is InChI=1S/C20H42O2/c1-3-5-7-8-9-10-11-12-13-15-17-20(22-19-18-21)16-14-6-4-2/h20-21H,3-19H2,1-2H3. The Kier molecular flexibility index (Phi) is 18.9. The fourth-order valence-electron chi connectivity index (χ4n) is 3.01. The molecule has 22 heavy (non-hydrogen) atoms. The summed E-state index contributed by atoms with van der Waals surface area (Å²) < 4.78 is 5.77. The molecule has 1 unspecified atom stereocenters. The topological polar surface area (TPSA) is 29.5 Å². The van der Waals surface area contributed by atoms with Gasteiger partial charge in [0.05, 0.1) is 19.3 Å². The van der Waals surface area contributed by atoms with Gasteiger partial charge in [-0.15, -0.1) is 0 Å². The Morgan fingerprint density at radius 2 is 1.05 bits per heavy atom. The Balaban J connectivity index is 3.41. The lowest BCUT2D eigenvalue weighted by Gasteiger charge is -2.17. The van der Waals surface area contributed by atoms with Crippen molar-refractivity contribution in [3.05, 3.63) is 0 Å². The molecule has 0 heterocycles. The number of hydrogen-bond donors (Lipinski definition) is 1. The highest BCUT2D eigenvalue weighted by Crippen LogP contribution is 2.16. The first-order valence-electron chi connectivity index (χ1n) is 10.1. The largest absolute Gasteiger partial charge is 0.394 e. The van der Waals surface area contributed by atoms with Gasteiger partial charge in [-0.2, -0.15) is 0 Å². The van der Waals surface area contributed by atoms with Gasteiger partial charge < -0.3 is 9.84 Å². The number of rotatable bonds is 18. The molecule has 0 aromatic carbocycles. The van der Waals surface area contributed by atoms with Gasteiger partial charge in [-0.25, -0.2) is 0 Å². The molecule has 2 nitrogen and oxygen atoms in total. The SMILES string of the molecule is CCCCCCCCCCCCC(CCCCC)OCCO. The lowest BCUT2D eigenvalue weighted by atomic mass is 10.0. The van der Waals surface area contributed by atoms with Crippen molar-refractivity contribution in [3.63, 3.8) is 0 Å². The summed E-state index contributed by atoms with van der Waals surface area (Å²) in [6.45, 7) is 5.18. The Bertz CT molecular complexity index is 194. The molecule has 0 amide bonds. The van der Waals surface area contributed by atoms with E-state index in [1.165, 1.54) is 96.3 Å². The molecule has 1 atom stereocenters. The second-order valence-corrected chi connectivity index (χ2v) is 6.68. The molecule has 1 N–H and O–H groups in total. The van der Waals surface area contributed by atoms with E-state index in [0.29, 0.717) is 12.7 Å². The molecular weight excluding hydrogens is 272 g/mol. The molecule has 0 aromatic rings. The van der Waals surface area contributed by atoms with Crippen LogP contribution in [0.1, 0.15) is 110 Å². The summed E-state index contributed by atoms with van der Waals surface area (Å²) in [6.07, 6.45) is 20.5. The molecule has 0 aliphatic heterocycles. The predicted octanol–water partition coefficient (Wildman–Crippen LogP) is 6.26. The van der Waals surface area contributed by atoms with E-state index in [4.69, 9.17) is 9.84 Å². The minimum atomic E-state index is 0.155. The highest BCUT2D eigenvalue weighted by Gasteiger charge is 2.08. The monoisotopic (exact) mass is 314 g/mol. The normalized spacial score (nSPS) is 12.7. The number of unbranched alkanes of at least 4 members (excludes halogenated alkanes) is 11. The predicted molar refractivity (Wildman–Crippen MR) is 97.4 cm³/mol. The molecule has 0 aliphatic carbocycles. The first kappa shape index (κ1) is 21.9. The van der Waals surface area contributed by atoms with Crippen molar-refractivity contribution in [1.29, 1.82) is 0 Å². The molecule has 0 saturated heterocycles. The fourth-order valence-corrected chi connectivity index (χ4v) is 3.01. The molecule has 0 spiro atoms. The first-order valence-corrected chi connectivity index (χ1v) is 10.1. The van der Waals surface area contributed by atoms with Gasteiger partial charge >= 0.3 is 0 Å². The second-order valence-electron chi connectivity index (χ2n) is 6.68. The van der Waals surface area contributed by atoms with Crippen LogP contribution >= 0.6 is 0 Å². The number of aliphatic hydroxyl groups is 1. The summed E-state index contributed by atoms with van der Waals surface area (Å²) in [5, 5.41) is 8.91. The molecule has 2 heteroatoms. The zero-order valence-electron chi connectivity index (χ0n) is 15.5. The third kappa shape index (κ3) is 16.3. The number of hydrogen-bond acceptors (Lipinski definition) is 2. The van der Waals surface area contributed by atoms with Gasteiger partial charge in [-0.1, -0.05) is 97.3 Å². The molecule has 134 valence electrons. The molecular formula is C20H42O2. The average Bonchev–Trinajstić information content (AvgIpc) is 2.53. The van der Waals surface area contributed by atoms with Gasteiger partial charge in [0.25, 0.3) is 0 Å². The van der Waals surface area contributed by atoms with Crippen molar-refractivity contribution in [1.82, 2.24) is 0 Å². The molecule has 0 rings (SSSR count). The minimum Gasteiger partial charge on any atom is -0.394 e. The van der Waals surface area contributed by atoms with Crippen LogP contribution in [0.25, 0.3) is 0 Å². The van der Waals surface area contributed by atoms with E-state index in [1.807, 2.05) is 0 Å². The quantitative estimate of drug-likeness (QED) is 0.303. The lowest BCUT2D eigenvalue weighted by molar-refractivity contribution is 0.0168. The van der Waals surface area contributed by atoms with Crippen molar-refractivity contribution in [2.24, 2.45) is 0 Å². The Labute approximate surface area is 140 Å². The average molecular weight is 315 g/mol. The van der Waals surface area contributed by atoms with Crippen LogP contribution in [0.15, 0.2) is 0 Å². The van der Waals surface area contributed by atoms with Gasteiger partial charge in [0.1, 0.15) is 0 Å². The van der Waals surface area contributed by atoms with Crippen LogP contribution in [0.3, 0.4) is 0 Å². The second kappa shape index (κ2) is 19.0. The van der Waals surface area contributed by atoms with E-state index in [0.717, 1.165) is 0 Å². The number of aliphatic hydroxyl groups excluding tert-OH is 1. The van der Waals surface area contributed by atoms with Crippen molar-refractivity contribution < 1.29 is 9.84 Å². The zero-order valence-corrected chi connectivity index (χ0v) is 15.5. The third-order valence-corrected chi connectivity index (χ3v) is 4.45. The van der Waals surface area contributed by atoms with Crippen LogP contribution in [0.4, 0.5) is 0 Å². The van der Waals surface area contributed by atoms with Crippen molar-refractivity contribution >= 4 is 0 Å². The molecule has 0 radical (unpaired) electrons. The van der Waals surface area contributed by atoms with Gasteiger partial charge in [-0.3, -0.25) is 0 Å². The summed E-state index contributed by atoms with van der Waals surface area (Å²) in [7, 11) is 0. The maximum absolute atomic E-state index is 8.91. The van der Waals surface area contributed by atoms with Crippen LogP contribution in [-0.2, 0) is 4.74 Å². The highest BCUT2D eigenvalue weighted by molar-refractivity contribution is 4.60. The zero-order chi connectivity index (χ0) is 16.3. The van der Waals surface area contributed by atoms with Crippen molar-refractivity contribution in [2.75, 3.05) is 13.2 Å². The maximum Gasteiger partial charge on any atom is 0.0701 e. The van der Waals surface area contributed by atoms with Crippen molar-refractivity contribution in [2.45, 2.75) is 116 Å². The lowest BCUT2D eigenvalue weighted by Crippen LogP contribution is -2.15. The summed E-state index contributed by atoms with van der Waals surface area (Å²) in [6, 6.07) is 0. The minimum absolute atomic E-state index is 0.155. The molecule has 0 fully saturated rings. The van der Waals surface area contributed by atoms with E-state index < -0.39 is 0 Å². The summed E-state index contributed by atoms with van der Waals surface area (Å²) in [4.78, 5) is 0. The van der Waals surface area contributed by atoms with Crippen LogP contribution in [0.2, 0.25) is 0 Å². The van der Waals surface area contributed by atoms with Gasteiger partial charge in [0, 0.05) is 0 Å². The molecule has 0 saturated carbocycles. The van der Waals surface area contributed by atoms with Crippen molar-refractivity contribution in [3.8, 4) is 0 Å². The molecule has 0 bridgehead atoms. The van der Waals surface area contributed by atoms with Crippen LogP contribution < -0.4 is 0 Å². The third-order valence-electron chi connectivity index (χ3n) is 4.45. The van der Waals surface area contributed by atoms with Gasteiger partial charge in [0.2, 0.25) is 0 Å². The molecule has 0 aliphatic rings. The summed E-state index contributed by atoms with van der Waals surface area (Å²) >= 11 is 0. The fraction of sp³-hybridized carbons (Fsp3) is 1.00. The van der Waals surface area contributed by atoms with Crippen LogP contribution in [0.5, 0.6) is 0 Å². The number of ether oxygens (including phenoxy) is 1. The summed E-state index contributed by atoms with van der Waals surface area (Å²) in [5.74, 6) is 0. The summed E-state index contributed by atoms with van der Waals surface area (Å²) in [5.41, 5.74) is 0. The van der Waals surface area contributed by atoms with Crippen LogP contribution in [0, 0.1) is 0 Å². The maximum atomic E-state index is 8.91. The van der Waals surface area contributed by atoms with Gasteiger partial charge in [-0.05, 0) is 12.8 Å². The van der Waals surface area contributed by atoms with E-state index in [9.17, 15) is 0 Å². The van der Waals surface area contributed by atoms with E-state index in [-0.39, 0.29) is 6.61 Å². The molecule has 0 aromatic heterocycles. The van der Waals surface area contributed by atoms with Crippen LogP contribution in [-0.4, -0.2) is 24.4 Å². The highest BCUT2D eigenvalue weighted by atomic mass is 16.5. The van der Waals surface area contributed by atoms with Gasteiger partial charge in [0.15, 0.2) is 0 Å². The first-order chi connectivity index (χ1) is 10.8. The van der Waals surface area contributed by atoms with E-state index in [1.54, 1.807) is 0 Å². The Morgan fingerprint density at radius 1 is 0.636 bits per heavy atom. The smallest absolute Gasteiger partial charge is 0.0701 e. The van der Waals surface area contributed by atoms with E-state index in [2.05, 4.69) is 13.8 Å². The Hall–Kier alpha value is -0.0800.